The number of nitro benzene ring substituents is 1. The minimum absolute atomic E-state index is 0. The van der Waals surface area contributed by atoms with Gasteiger partial charge >= 0.3 is 29.6 Å². The fraction of sp³-hybridized carbons (Fsp3) is 0.125. The van der Waals surface area contributed by atoms with E-state index >= 15 is 0 Å². The first-order valence-electron chi connectivity index (χ1n) is 3.65. The van der Waals surface area contributed by atoms with Crippen molar-refractivity contribution in [1.29, 1.82) is 0 Å². The minimum atomic E-state index is -1.84. The number of hydrogen-bond donors (Lipinski definition) is 1. The van der Waals surface area contributed by atoms with Crippen molar-refractivity contribution in [2.75, 3.05) is 0 Å². The molecule has 0 aliphatic heterocycles. The van der Waals surface area contributed by atoms with Crippen molar-refractivity contribution >= 4 is 11.7 Å². The first kappa shape index (κ1) is 14.1. The van der Waals surface area contributed by atoms with Crippen LogP contribution in [0.3, 0.4) is 0 Å². The molecule has 0 heterocycles. The number of nitrogens with zero attached hydrogens (tertiary/aromatic N) is 1. The third kappa shape index (κ3) is 3.60. The molecule has 0 bridgehead atoms. The zero-order valence-electron chi connectivity index (χ0n) is 7.91. The maximum Gasteiger partial charge on any atom is 1.00 e. The van der Waals surface area contributed by atoms with E-state index in [2.05, 4.69) is 0 Å². The number of non-ortho nitro benzene ring substituents is 1. The van der Waals surface area contributed by atoms with Crippen LogP contribution in [0.15, 0.2) is 24.3 Å². The summed E-state index contributed by atoms with van der Waals surface area (Å²) in [5.74, 6) is -1.69. The normalized spacial score (nSPS) is 11.3. The van der Waals surface area contributed by atoms with Gasteiger partial charge in [0.25, 0.3) is 5.69 Å². The van der Waals surface area contributed by atoms with Crippen LogP contribution in [0.1, 0.15) is 11.7 Å². The van der Waals surface area contributed by atoms with E-state index in [1.165, 1.54) is 18.2 Å². The molecule has 0 unspecified atom stereocenters. The molecule has 1 atom stereocenters. The van der Waals surface area contributed by atoms with Gasteiger partial charge in [0, 0.05) is 12.1 Å². The Labute approximate surface area is 107 Å². The first-order valence-corrected chi connectivity index (χ1v) is 3.65. The van der Waals surface area contributed by atoms with Crippen molar-refractivity contribution in [1.82, 2.24) is 0 Å². The molecular formula is C8H6NNaO5. The van der Waals surface area contributed by atoms with Gasteiger partial charge in [-0.1, -0.05) is 12.1 Å². The molecule has 1 N–H and O–H groups in total. The average Bonchev–Trinajstić information content (AvgIpc) is 2.16. The second-order valence-electron chi connectivity index (χ2n) is 2.57. The van der Waals surface area contributed by atoms with E-state index in [9.17, 15) is 20.0 Å². The van der Waals surface area contributed by atoms with Gasteiger partial charge in [0.1, 0.15) is 6.10 Å². The van der Waals surface area contributed by atoms with Gasteiger partial charge in [-0.2, -0.15) is 0 Å². The summed E-state index contributed by atoms with van der Waals surface area (Å²) in [4.78, 5) is 19.9. The van der Waals surface area contributed by atoms with Crippen LogP contribution >= 0.6 is 0 Å². The molecule has 1 aromatic rings. The number of rotatable bonds is 3. The van der Waals surface area contributed by atoms with Gasteiger partial charge in [-0.3, -0.25) is 10.1 Å². The summed E-state index contributed by atoms with van der Waals surface area (Å²) in [7, 11) is 0. The standard InChI is InChI=1S/C8H7NO5.Na/c10-7(8(11)12)5-2-1-3-6(4-5)9(13)14;/h1-4,7,10H,(H,11,12);/q;+1/p-1/t7-;/m1./s1. The molecule has 0 amide bonds. The Hall–Kier alpha value is -0.950. The van der Waals surface area contributed by atoms with Crippen LogP contribution in [0.4, 0.5) is 5.69 Å². The van der Waals surface area contributed by atoms with Gasteiger partial charge < -0.3 is 15.0 Å². The van der Waals surface area contributed by atoms with Gasteiger partial charge in [0.2, 0.25) is 0 Å². The number of carbonyl (C=O) groups excluding carboxylic acids is 1. The van der Waals surface area contributed by atoms with Gasteiger partial charge in [0.15, 0.2) is 0 Å². The molecule has 7 heteroatoms. The molecule has 0 aromatic heterocycles. The van der Waals surface area contributed by atoms with Crippen molar-refractivity contribution in [2.45, 2.75) is 6.10 Å². The van der Waals surface area contributed by atoms with Crippen LogP contribution in [0, 0.1) is 10.1 Å². The summed E-state index contributed by atoms with van der Waals surface area (Å²) in [6, 6.07) is 4.75. The zero-order valence-corrected chi connectivity index (χ0v) is 9.91. The number of benzene rings is 1. The summed E-state index contributed by atoms with van der Waals surface area (Å²) >= 11 is 0. The third-order valence-corrected chi connectivity index (χ3v) is 1.62. The smallest absolute Gasteiger partial charge is 0.547 e. The molecular weight excluding hydrogens is 213 g/mol. The van der Waals surface area contributed by atoms with Crippen LogP contribution in [0.2, 0.25) is 0 Å². The number of nitro groups is 1. The van der Waals surface area contributed by atoms with Crippen molar-refractivity contribution in [3.8, 4) is 0 Å². The Kier molecular flexibility index (Phi) is 5.45. The zero-order chi connectivity index (χ0) is 10.7. The van der Waals surface area contributed by atoms with Crippen molar-refractivity contribution in [2.24, 2.45) is 0 Å². The van der Waals surface area contributed by atoms with E-state index in [0.29, 0.717) is 0 Å². The predicted octanol–water partition coefficient (Wildman–Crippen LogP) is -3.62. The maximum absolute atomic E-state index is 10.3. The molecule has 0 spiro atoms. The topological polar surface area (TPSA) is 104 Å². The average molecular weight is 219 g/mol. The number of carboxylic acids is 1. The molecule has 1 aromatic carbocycles. The van der Waals surface area contributed by atoms with E-state index in [0.717, 1.165) is 6.07 Å². The molecule has 0 fully saturated rings. The molecule has 0 saturated carbocycles. The largest absolute Gasteiger partial charge is 1.00 e. The molecule has 1 rings (SSSR count). The summed E-state index contributed by atoms with van der Waals surface area (Å²) in [6.07, 6.45) is -1.84. The number of aliphatic hydroxyl groups is 1. The molecule has 0 saturated heterocycles. The van der Waals surface area contributed by atoms with Gasteiger partial charge in [0.05, 0.1) is 10.9 Å². The minimum Gasteiger partial charge on any atom is -0.547 e. The van der Waals surface area contributed by atoms with Crippen LogP contribution in [-0.4, -0.2) is 16.0 Å². The second kappa shape index (κ2) is 5.82. The maximum atomic E-state index is 10.3. The summed E-state index contributed by atoms with van der Waals surface area (Å²) in [5, 5.41) is 29.6. The number of hydrogen-bond acceptors (Lipinski definition) is 5. The predicted molar refractivity (Wildman–Crippen MR) is 43.1 cm³/mol. The van der Waals surface area contributed by atoms with Crippen LogP contribution < -0.4 is 34.7 Å². The van der Waals surface area contributed by atoms with Crippen LogP contribution in [0.25, 0.3) is 0 Å². The Bertz CT molecular complexity index is 381. The third-order valence-electron chi connectivity index (χ3n) is 1.62. The molecule has 0 aliphatic rings. The van der Waals surface area contributed by atoms with Gasteiger partial charge in [-0.05, 0) is 5.56 Å². The molecule has 15 heavy (non-hydrogen) atoms. The molecule has 6 nitrogen and oxygen atoms in total. The Morgan fingerprint density at radius 2 is 2.07 bits per heavy atom. The van der Waals surface area contributed by atoms with Crippen molar-refractivity contribution < 1.29 is 49.5 Å². The van der Waals surface area contributed by atoms with Gasteiger partial charge in [-0.15, -0.1) is 0 Å². The SMILES string of the molecule is O=C([O-])[C@H](O)c1cccc([N+](=O)[O-])c1.[Na+]. The van der Waals surface area contributed by atoms with E-state index in [1.54, 1.807) is 0 Å². The van der Waals surface area contributed by atoms with Gasteiger partial charge in [-0.25, -0.2) is 0 Å². The summed E-state index contributed by atoms with van der Waals surface area (Å²) in [6.45, 7) is 0. The van der Waals surface area contributed by atoms with E-state index in [1.807, 2.05) is 0 Å². The Balaban J connectivity index is 0.00000196. The number of aliphatic carboxylic acids is 1. The Morgan fingerprint density at radius 1 is 1.47 bits per heavy atom. The fourth-order valence-corrected chi connectivity index (χ4v) is 0.945. The van der Waals surface area contributed by atoms with E-state index in [4.69, 9.17) is 5.11 Å². The van der Waals surface area contributed by atoms with Crippen LogP contribution in [0.5, 0.6) is 0 Å². The van der Waals surface area contributed by atoms with E-state index < -0.39 is 17.0 Å². The molecule has 0 radical (unpaired) electrons. The monoisotopic (exact) mass is 219 g/mol. The summed E-state index contributed by atoms with van der Waals surface area (Å²) < 4.78 is 0. The number of aliphatic hydroxyl groups excluding tert-OH is 1. The summed E-state index contributed by atoms with van der Waals surface area (Å²) in [5.41, 5.74) is -0.345. The van der Waals surface area contributed by atoms with Crippen molar-refractivity contribution in [3.63, 3.8) is 0 Å². The van der Waals surface area contributed by atoms with Crippen molar-refractivity contribution in [3.05, 3.63) is 39.9 Å². The van der Waals surface area contributed by atoms with E-state index in [-0.39, 0.29) is 40.8 Å². The number of carboxylic acid groups (broad SMARTS) is 1. The fourth-order valence-electron chi connectivity index (χ4n) is 0.945. The number of carbonyl (C=O) groups is 1. The first-order chi connectivity index (χ1) is 6.52. The van der Waals surface area contributed by atoms with Crippen LogP contribution in [-0.2, 0) is 4.79 Å². The quantitative estimate of drug-likeness (QED) is 0.321. The Morgan fingerprint density at radius 3 is 2.53 bits per heavy atom. The molecule has 74 valence electrons. The molecule has 0 aliphatic carbocycles. The second-order valence-corrected chi connectivity index (χ2v) is 2.57.